The van der Waals surface area contributed by atoms with Crippen molar-refractivity contribution < 1.29 is 27.6 Å². The Morgan fingerprint density at radius 2 is 1.82 bits per heavy atom. The monoisotopic (exact) mass is 881 g/mol. The molecule has 17 nitrogen and oxygen atoms in total. The molecular formula is C43H44ClN9O8S. The van der Waals surface area contributed by atoms with Gasteiger partial charge in [-0.05, 0) is 85.0 Å². The molecule has 6 aromatic rings. The lowest BCUT2D eigenvalue weighted by molar-refractivity contribution is -0.384. The maximum absolute atomic E-state index is 14.2. The molecule has 3 aromatic carbocycles. The summed E-state index contributed by atoms with van der Waals surface area (Å²) < 4.78 is 43.7. The molecule has 5 heterocycles. The summed E-state index contributed by atoms with van der Waals surface area (Å²) in [6, 6.07) is 20.1. The second kappa shape index (κ2) is 17.0. The van der Waals surface area contributed by atoms with E-state index in [9.17, 15) is 28.1 Å². The Bertz CT molecular complexity index is 2910. The fourth-order valence-corrected chi connectivity index (χ4v) is 9.69. The van der Waals surface area contributed by atoms with Crippen LogP contribution in [0, 0.1) is 10.1 Å². The number of fused-ring (bicyclic) bond motifs is 2. The molecule has 1 amide bonds. The highest BCUT2D eigenvalue weighted by Gasteiger charge is 2.29. The SMILES string of the molecule is Cn1c(=O)c2nc3[nH]ccc3cc2n1-c1cc(N2CCN(CC3=C(c4ccc(Cl)cc4)CCC3)CC2)ccc1C(=O)NS(=O)(=O)c1ccc(NCC2COCCO2)c([N+](=O)[O-])c1. The van der Waals surface area contributed by atoms with Crippen LogP contribution in [-0.4, -0.2) is 109 Å². The molecule has 9 rings (SSSR count). The lowest BCUT2D eigenvalue weighted by Gasteiger charge is -2.37. The third-order valence-corrected chi connectivity index (χ3v) is 13.4. The van der Waals surface area contributed by atoms with Gasteiger partial charge in [0.2, 0.25) is 0 Å². The maximum atomic E-state index is 14.2. The summed E-state index contributed by atoms with van der Waals surface area (Å²) in [5.41, 5.74) is 5.26. The first-order chi connectivity index (χ1) is 29.9. The van der Waals surface area contributed by atoms with Crippen molar-refractivity contribution in [2.75, 3.05) is 69.3 Å². The number of carbonyl (C=O) groups excluding carboxylic acids is 1. The van der Waals surface area contributed by atoms with E-state index in [4.69, 9.17) is 21.1 Å². The van der Waals surface area contributed by atoms with Gasteiger partial charge < -0.3 is 24.7 Å². The summed E-state index contributed by atoms with van der Waals surface area (Å²) >= 11 is 6.17. The molecule has 3 N–H and O–H groups in total. The Kier molecular flexibility index (Phi) is 11.3. The summed E-state index contributed by atoms with van der Waals surface area (Å²) in [6.45, 7) is 5.18. The number of nitro groups is 1. The van der Waals surface area contributed by atoms with Crippen LogP contribution in [0.4, 0.5) is 17.1 Å². The van der Waals surface area contributed by atoms with Gasteiger partial charge in [0.1, 0.15) is 11.3 Å². The van der Waals surface area contributed by atoms with Gasteiger partial charge in [-0.25, -0.2) is 27.5 Å². The molecule has 322 valence electrons. The summed E-state index contributed by atoms with van der Waals surface area (Å²) in [6.07, 6.45) is 4.59. The fourth-order valence-electron chi connectivity index (χ4n) is 8.58. The average Bonchev–Trinajstić information content (AvgIpc) is 4.00. The number of H-pyrrole nitrogens is 1. The molecule has 0 saturated carbocycles. The van der Waals surface area contributed by atoms with E-state index in [0.29, 0.717) is 49.1 Å². The van der Waals surface area contributed by atoms with Crippen molar-refractivity contribution in [3.8, 4) is 5.69 Å². The Balaban J connectivity index is 1.01. The number of benzene rings is 3. The van der Waals surface area contributed by atoms with Crippen molar-refractivity contribution in [1.82, 2.24) is 29.0 Å². The molecule has 2 fully saturated rings. The number of aromatic nitrogens is 4. The van der Waals surface area contributed by atoms with Crippen molar-refractivity contribution in [3.63, 3.8) is 0 Å². The molecule has 0 spiro atoms. The van der Waals surface area contributed by atoms with Gasteiger partial charge in [0.05, 0.1) is 52.5 Å². The first kappa shape index (κ1) is 41.3. The van der Waals surface area contributed by atoms with E-state index in [1.165, 1.54) is 39.6 Å². The molecule has 2 aliphatic heterocycles. The van der Waals surface area contributed by atoms with E-state index in [0.717, 1.165) is 56.0 Å². The molecule has 3 aliphatic rings. The van der Waals surface area contributed by atoms with Gasteiger partial charge in [-0.2, -0.15) is 0 Å². The highest BCUT2D eigenvalue weighted by molar-refractivity contribution is 7.90. The summed E-state index contributed by atoms with van der Waals surface area (Å²) in [4.78, 5) is 51.1. The predicted molar refractivity (Wildman–Crippen MR) is 236 cm³/mol. The van der Waals surface area contributed by atoms with E-state index in [1.54, 1.807) is 36.1 Å². The molecule has 1 atom stereocenters. The second-order valence-electron chi connectivity index (χ2n) is 15.6. The normalized spacial score (nSPS) is 17.6. The molecule has 1 unspecified atom stereocenters. The minimum Gasteiger partial charge on any atom is -0.377 e. The third kappa shape index (κ3) is 8.18. The summed E-state index contributed by atoms with van der Waals surface area (Å²) in [5.74, 6) is -0.998. The van der Waals surface area contributed by atoms with Crippen LogP contribution in [0.3, 0.4) is 0 Å². The van der Waals surface area contributed by atoms with Crippen LogP contribution in [0.25, 0.3) is 33.3 Å². The minimum atomic E-state index is -4.65. The van der Waals surface area contributed by atoms with Crippen molar-refractivity contribution in [1.29, 1.82) is 0 Å². The highest BCUT2D eigenvalue weighted by atomic mass is 35.5. The number of rotatable bonds is 12. The lowest BCUT2D eigenvalue weighted by Crippen LogP contribution is -2.47. The van der Waals surface area contributed by atoms with Gasteiger partial charge in [-0.15, -0.1) is 0 Å². The maximum Gasteiger partial charge on any atom is 0.293 e. The predicted octanol–water partition coefficient (Wildman–Crippen LogP) is 5.47. The fraction of sp³-hybridized carbons (Fsp3) is 0.326. The number of sulfonamides is 1. The number of allylic oxidation sites excluding steroid dienone is 1. The number of aromatic amines is 1. The van der Waals surface area contributed by atoms with Crippen LogP contribution in [0.2, 0.25) is 5.02 Å². The first-order valence-corrected chi connectivity index (χ1v) is 22.2. The van der Waals surface area contributed by atoms with E-state index in [-0.39, 0.29) is 35.1 Å². The number of piperazine rings is 1. The summed E-state index contributed by atoms with van der Waals surface area (Å²) in [5, 5.41) is 16.5. The van der Waals surface area contributed by atoms with Gasteiger partial charge in [-0.1, -0.05) is 29.3 Å². The largest absolute Gasteiger partial charge is 0.377 e. The Morgan fingerprint density at radius 3 is 2.58 bits per heavy atom. The molecule has 62 heavy (non-hydrogen) atoms. The number of nitrogens with zero attached hydrogens (tertiary/aromatic N) is 6. The molecule has 2 saturated heterocycles. The van der Waals surface area contributed by atoms with Crippen molar-refractivity contribution >= 4 is 72.2 Å². The molecule has 19 heteroatoms. The van der Waals surface area contributed by atoms with Gasteiger partial charge in [0, 0.05) is 74.7 Å². The molecule has 0 radical (unpaired) electrons. The van der Waals surface area contributed by atoms with Gasteiger partial charge in [0.15, 0.2) is 5.52 Å². The molecular weight excluding hydrogens is 838 g/mol. The van der Waals surface area contributed by atoms with E-state index < -0.39 is 37.0 Å². The number of ether oxygens (including phenoxy) is 2. The molecule has 0 bridgehead atoms. The van der Waals surface area contributed by atoms with Crippen LogP contribution in [0.5, 0.6) is 0 Å². The zero-order valence-electron chi connectivity index (χ0n) is 33.8. The molecule has 3 aromatic heterocycles. The summed E-state index contributed by atoms with van der Waals surface area (Å²) in [7, 11) is -3.09. The number of anilines is 2. The van der Waals surface area contributed by atoms with Gasteiger partial charge in [-0.3, -0.25) is 24.6 Å². The first-order valence-electron chi connectivity index (χ1n) is 20.4. The number of pyridine rings is 1. The third-order valence-electron chi connectivity index (χ3n) is 11.8. The number of amides is 1. The van der Waals surface area contributed by atoms with Crippen molar-refractivity contribution in [2.24, 2.45) is 7.05 Å². The zero-order valence-corrected chi connectivity index (χ0v) is 35.4. The molecule has 1 aliphatic carbocycles. The Hall–Kier alpha value is -6.05. The zero-order chi connectivity index (χ0) is 43.1. The van der Waals surface area contributed by atoms with E-state index in [2.05, 4.69) is 41.9 Å². The van der Waals surface area contributed by atoms with Gasteiger partial charge >= 0.3 is 0 Å². The van der Waals surface area contributed by atoms with Crippen LogP contribution in [0.1, 0.15) is 35.2 Å². The average molecular weight is 882 g/mol. The number of hydrogen-bond donors (Lipinski definition) is 3. The number of hydrogen-bond acceptors (Lipinski definition) is 12. The van der Waals surface area contributed by atoms with Crippen LogP contribution < -0.4 is 20.5 Å². The van der Waals surface area contributed by atoms with Crippen molar-refractivity contribution in [2.45, 2.75) is 30.3 Å². The quantitative estimate of drug-likeness (QED) is 0.104. The number of nitro benzene ring substituents is 1. The Morgan fingerprint density at radius 1 is 1.02 bits per heavy atom. The van der Waals surface area contributed by atoms with Gasteiger partial charge in [0.25, 0.3) is 27.2 Å². The number of halogens is 1. The van der Waals surface area contributed by atoms with E-state index >= 15 is 0 Å². The topological polar surface area (TPSA) is 199 Å². The Labute approximate surface area is 361 Å². The minimum absolute atomic E-state index is 0.0528. The van der Waals surface area contributed by atoms with Crippen LogP contribution in [0.15, 0.2) is 94.3 Å². The standard InChI is InChI=1S/C43H44ClN9O8S/c1-49-43(55)40-39(21-28-13-14-45-41(28)47-40)52(49)37-22-31(51-17-15-50(16-18-51)25-29-3-2-4-34(29)27-5-7-30(44)8-6-27)9-11-35(37)42(54)48-62(58,59)33-10-12-36(38(23-33)53(56)57)46-24-32-26-60-19-20-61-32/h5-14,21-23,32,46H,2-4,15-20,24-26H2,1H3,(H,45,47)(H,48,54). The van der Waals surface area contributed by atoms with Crippen molar-refractivity contribution in [3.05, 3.63) is 121 Å². The van der Waals surface area contributed by atoms with Crippen LogP contribution >= 0.6 is 11.6 Å². The lowest BCUT2D eigenvalue weighted by atomic mass is 10.0. The second-order valence-corrected chi connectivity index (χ2v) is 17.8. The number of carbonyl (C=O) groups is 1. The van der Waals surface area contributed by atoms with E-state index in [1.807, 2.05) is 18.2 Å². The number of nitrogens with one attached hydrogen (secondary N) is 3. The smallest absolute Gasteiger partial charge is 0.293 e. The highest BCUT2D eigenvalue weighted by Crippen LogP contribution is 2.36. The van der Waals surface area contributed by atoms with Crippen LogP contribution in [-0.2, 0) is 26.5 Å².